The van der Waals surface area contributed by atoms with Crippen molar-refractivity contribution in [1.82, 2.24) is 20.1 Å². The molecule has 3 rings (SSSR count). The zero-order valence-electron chi connectivity index (χ0n) is 10.8. The van der Waals surface area contributed by atoms with Gasteiger partial charge in [0.25, 0.3) is 0 Å². The van der Waals surface area contributed by atoms with Crippen LogP contribution in [0.4, 0.5) is 13.2 Å². The van der Waals surface area contributed by atoms with Crippen molar-refractivity contribution in [3.8, 4) is 11.4 Å². The summed E-state index contributed by atoms with van der Waals surface area (Å²) in [6, 6.07) is 5.46. The second-order valence-electron chi connectivity index (χ2n) is 4.75. The first-order valence-electron chi connectivity index (χ1n) is 6.31. The fourth-order valence-electron chi connectivity index (χ4n) is 2.46. The van der Waals surface area contributed by atoms with Gasteiger partial charge in [-0.2, -0.15) is 13.2 Å². The highest BCUT2D eigenvalue weighted by atomic mass is 19.4. The zero-order valence-corrected chi connectivity index (χ0v) is 10.8. The number of aromatic nitrogens is 3. The molecule has 0 saturated carbocycles. The Morgan fingerprint density at radius 3 is 2.75 bits per heavy atom. The van der Waals surface area contributed by atoms with Crippen LogP contribution in [0.3, 0.4) is 0 Å². The minimum absolute atomic E-state index is 0.0111. The van der Waals surface area contributed by atoms with Crippen LogP contribution in [-0.4, -0.2) is 21.3 Å². The van der Waals surface area contributed by atoms with E-state index in [9.17, 15) is 13.2 Å². The van der Waals surface area contributed by atoms with Crippen molar-refractivity contribution in [2.45, 2.75) is 25.7 Å². The number of hydrogen-bond acceptors (Lipinski definition) is 3. The third kappa shape index (κ3) is 2.07. The van der Waals surface area contributed by atoms with Gasteiger partial charge in [0.2, 0.25) is 0 Å². The molecule has 0 aliphatic carbocycles. The lowest BCUT2D eigenvalue weighted by Gasteiger charge is -2.22. The van der Waals surface area contributed by atoms with Crippen molar-refractivity contribution in [2.75, 3.05) is 6.54 Å². The fraction of sp³-hybridized carbons (Fsp3) is 0.385. The molecule has 2 heterocycles. The van der Waals surface area contributed by atoms with E-state index in [-0.39, 0.29) is 17.4 Å². The van der Waals surface area contributed by atoms with Gasteiger partial charge in [0, 0.05) is 18.7 Å². The second-order valence-corrected chi connectivity index (χ2v) is 4.75. The smallest absolute Gasteiger partial charge is 0.308 e. The third-order valence-electron chi connectivity index (χ3n) is 3.43. The van der Waals surface area contributed by atoms with Gasteiger partial charge in [-0.25, -0.2) is 0 Å². The molecule has 1 N–H and O–H groups in total. The van der Waals surface area contributed by atoms with Crippen molar-refractivity contribution in [2.24, 2.45) is 0 Å². The van der Waals surface area contributed by atoms with E-state index in [4.69, 9.17) is 0 Å². The maximum Gasteiger partial charge on any atom is 0.417 e. The number of hydrogen-bond donors (Lipinski definition) is 1. The Hall–Kier alpha value is -1.89. The van der Waals surface area contributed by atoms with Crippen LogP contribution in [-0.2, 0) is 12.7 Å². The molecule has 0 spiro atoms. The van der Waals surface area contributed by atoms with Crippen LogP contribution in [0.2, 0.25) is 0 Å². The zero-order chi connectivity index (χ0) is 14.3. The van der Waals surface area contributed by atoms with Crippen LogP contribution in [0.25, 0.3) is 11.4 Å². The van der Waals surface area contributed by atoms with Crippen LogP contribution in [0, 0.1) is 0 Å². The standard InChI is InChI=1S/C13H13F3N4/c1-8-11-18-19-12(20(11)7-6-17-8)9-4-2-3-5-10(9)13(14,15)16/h2-5,8,17H,6-7H2,1H3. The Morgan fingerprint density at radius 1 is 1.25 bits per heavy atom. The quantitative estimate of drug-likeness (QED) is 0.874. The molecule has 0 fully saturated rings. The maximum absolute atomic E-state index is 13.1. The Labute approximate surface area is 113 Å². The molecule has 106 valence electrons. The highest BCUT2D eigenvalue weighted by Gasteiger charge is 2.35. The molecule has 0 amide bonds. The van der Waals surface area contributed by atoms with E-state index in [1.807, 2.05) is 6.92 Å². The van der Waals surface area contributed by atoms with Crippen LogP contribution < -0.4 is 5.32 Å². The number of halogens is 3. The normalized spacial score (nSPS) is 18.9. The van der Waals surface area contributed by atoms with Crippen molar-refractivity contribution >= 4 is 0 Å². The van der Waals surface area contributed by atoms with E-state index >= 15 is 0 Å². The molecule has 0 radical (unpaired) electrons. The molecule has 1 aromatic carbocycles. The van der Waals surface area contributed by atoms with E-state index in [1.54, 1.807) is 10.6 Å². The SMILES string of the molecule is CC1NCCn2c(-c3ccccc3C(F)(F)F)nnc21. The average Bonchev–Trinajstić information content (AvgIpc) is 2.83. The highest BCUT2D eigenvalue weighted by molar-refractivity contribution is 5.61. The Bertz CT molecular complexity index is 633. The molecule has 1 aromatic heterocycles. The molecule has 0 saturated heterocycles. The molecule has 1 unspecified atom stereocenters. The number of alkyl halides is 3. The van der Waals surface area contributed by atoms with Crippen molar-refractivity contribution in [3.63, 3.8) is 0 Å². The lowest BCUT2D eigenvalue weighted by Crippen LogP contribution is -2.32. The van der Waals surface area contributed by atoms with Gasteiger partial charge >= 0.3 is 6.18 Å². The summed E-state index contributed by atoms with van der Waals surface area (Å²) in [5.74, 6) is 0.949. The van der Waals surface area contributed by atoms with E-state index in [0.717, 1.165) is 6.07 Å². The topological polar surface area (TPSA) is 42.7 Å². The van der Waals surface area contributed by atoms with Crippen LogP contribution in [0.5, 0.6) is 0 Å². The summed E-state index contributed by atoms with van der Waals surface area (Å²) in [7, 11) is 0. The third-order valence-corrected chi connectivity index (χ3v) is 3.43. The van der Waals surface area contributed by atoms with Crippen LogP contribution >= 0.6 is 0 Å². The lowest BCUT2D eigenvalue weighted by atomic mass is 10.1. The number of nitrogens with zero attached hydrogens (tertiary/aromatic N) is 3. The van der Waals surface area contributed by atoms with Crippen molar-refractivity contribution in [1.29, 1.82) is 0 Å². The molecule has 1 aliphatic heterocycles. The van der Waals surface area contributed by atoms with E-state index < -0.39 is 11.7 Å². The van der Waals surface area contributed by atoms with Gasteiger partial charge in [-0.05, 0) is 13.0 Å². The second kappa shape index (κ2) is 4.59. The Balaban J connectivity index is 2.16. The molecule has 4 nitrogen and oxygen atoms in total. The van der Waals surface area contributed by atoms with Gasteiger partial charge in [-0.15, -0.1) is 10.2 Å². The summed E-state index contributed by atoms with van der Waals surface area (Å²) >= 11 is 0. The summed E-state index contributed by atoms with van der Waals surface area (Å²) in [5, 5.41) is 11.2. The molecular weight excluding hydrogens is 269 g/mol. The number of benzene rings is 1. The van der Waals surface area contributed by atoms with Gasteiger partial charge in [-0.1, -0.05) is 18.2 Å². The summed E-state index contributed by atoms with van der Waals surface area (Å²) in [6.45, 7) is 3.17. The highest BCUT2D eigenvalue weighted by Crippen LogP contribution is 2.37. The van der Waals surface area contributed by atoms with Gasteiger partial charge in [0.1, 0.15) is 5.82 Å². The molecule has 1 aliphatic rings. The van der Waals surface area contributed by atoms with Gasteiger partial charge in [0.05, 0.1) is 11.6 Å². The monoisotopic (exact) mass is 282 g/mol. The minimum Gasteiger partial charge on any atom is -0.308 e. The summed E-state index contributed by atoms with van der Waals surface area (Å²) in [4.78, 5) is 0. The fourth-order valence-corrected chi connectivity index (χ4v) is 2.46. The Morgan fingerprint density at radius 2 is 2.00 bits per heavy atom. The molecule has 1 atom stereocenters. The van der Waals surface area contributed by atoms with Crippen LogP contribution in [0.15, 0.2) is 24.3 Å². The number of rotatable bonds is 1. The first-order chi connectivity index (χ1) is 9.48. The first kappa shape index (κ1) is 13.1. The molecule has 7 heteroatoms. The minimum atomic E-state index is -4.40. The largest absolute Gasteiger partial charge is 0.417 e. The van der Waals surface area contributed by atoms with Crippen molar-refractivity contribution in [3.05, 3.63) is 35.7 Å². The number of fused-ring (bicyclic) bond motifs is 1. The lowest BCUT2D eigenvalue weighted by molar-refractivity contribution is -0.137. The summed E-state index contributed by atoms with van der Waals surface area (Å²) < 4.78 is 41.0. The average molecular weight is 282 g/mol. The Kier molecular flexibility index (Phi) is 3.01. The molecule has 0 bridgehead atoms. The molecule has 20 heavy (non-hydrogen) atoms. The summed E-state index contributed by atoms with van der Waals surface area (Å²) in [5.41, 5.74) is -0.603. The van der Waals surface area contributed by atoms with Gasteiger partial charge in [0.15, 0.2) is 5.82 Å². The van der Waals surface area contributed by atoms with E-state index in [2.05, 4.69) is 15.5 Å². The predicted octanol–water partition coefficient (Wildman–Crippen LogP) is 2.63. The van der Waals surface area contributed by atoms with Gasteiger partial charge in [-0.3, -0.25) is 0 Å². The van der Waals surface area contributed by atoms with Crippen LogP contribution in [0.1, 0.15) is 24.4 Å². The number of nitrogens with one attached hydrogen (secondary N) is 1. The molecule has 2 aromatic rings. The maximum atomic E-state index is 13.1. The first-order valence-corrected chi connectivity index (χ1v) is 6.31. The summed E-state index contributed by atoms with van der Waals surface area (Å²) in [6.07, 6.45) is -4.40. The van der Waals surface area contributed by atoms with Crippen molar-refractivity contribution < 1.29 is 13.2 Å². The predicted molar refractivity (Wildman–Crippen MR) is 66.9 cm³/mol. The molecular formula is C13H13F3N4. The van der Waals surface area contributed by atoms with E-state index in [0.29, 0.717) is 18.9 Å². The van der Waals surface area contributed by atoms with E-state index in [1.165, 1.54) is 12.1 Å². The van der Waals surface area contributed by atoms with Gasteiger partial charge < -0.3 is 9.88 Å².